The van der Waals surface area contributed by atoms with E-state index in [1.807, 2.05) is 0 Å². The molecule has 0 N–H and O–H groups in total. The Kier molecular flexibility index (Phi) is 3.08. The standard InChI is InChI=1S/C14H14F2O3/c1-7-5-10(17)18-12-8(7)6-9(15)13(11(12)16)19-14(2,3)4/h5-6H,1-4H3. The molecule has 2 aromatic rings. The first-order valence-electron chi connectivity index (χ1n) is 5.80. The van der Waals surface area contributed by atoms with Crippen molar-refractivity contribution < 1.29 is 17.9 Å². The molecule has 19 heavy (non-hydrogen) atoms. The molecule has 5 heteroatoms. The third-order valence-electron chi connectivity index (χ3n) is 2.50. The summed E-state index contributed by atoms with van der Waals surface area (Å²) < 4.78 is 38.2. The van der Waals surface area contributed by atoms with Gasteiger partial charge in [-0.2, -0.15) is 4.39 Å². The van der Waals surface area contributed by atoms with Crippen LogP contribution >= 0.6 is 0 Å². The van der Waals surface area contributed by atoms with E-state index in [4.69, 9.17) is 9.15 Å². The van der Waals surface area contributed by atoms with Crippen molar-refractivity contribution in [2.45, 2.75) is 33.3 Å². The van der Waals surface area contributed by atoms with Gasteiger partial charge in [0.2, 0.25) is 5.82 Å². The lowest BCUT2D eigenvalue weighted by Crippen LogP contribution is -2.24. The van der Waals surface area contributed by atoms with E-state index in [0.717, 1.165) is 6.07 Å². The monoisotopic (exact) mass is 268 g/mol. The maximum atomic E-state index is 14.2. The van der Waals surface area contributed by atoms with E-state index in [2.05, 4.69) is 0 Å². The second-order valence-corrected chi connectivity index (χ2v) is 5.34. The van der Waals surface area contributed by atoms with Crippen LogP contribution in [0, 0.1) is 18.6 Å². The Morgan fingerprint density at radius 3 is 2.42 bits per heavy atom. The van der Waals surface area contributed by atoms with E-state index < -0.39 is 28.6 Å². The van der Waals surface area contributed by atoms with Crippen LogP contribution in [0.15, 0.2) is 21.3 Å². The Labute approximate surface area is 108 Å². The number of benzene rings is 1. The minimum absolute atomic E-state index is 0.218. The van der Waals surface area contributed by atoms with Gasteiger partial charge in [-0.25, -0.2) is 9.18 Å². The third kappa shape index (κ3) is 2.59. The summed E-state index contributed by atoms with van der Waals surface area (Å²) >= 11 is 0. The Balaban J connectivity index is 2.78. The summed E-state index contributed by atoms with van der Waals surface area (Å²) in [5.74, 6) is -2.35. The summed E-state index contributed by atoms with van der Waals surface area (Å²) in [4.78, 5) is 11.3. The number of hydrogen-bond donors (Lipinski definition) is 0. The molecule has 0 saturated heterocycles. The Morgan fingerprint density at radius 1 is 1.21 bits per heavy atom. The van der Waals surface area contributed by atoms with E-state index in [0.29, 0.717) is 5.56 Å². The van der Waals surface area contributed by atoms with Crippen molar-refractivity contribution in [3.8, 4) is 5.75 Å². The van der Waals surface area contributed by atoms with Gasteiger partial charge in [-0.1, -0.05) is 0 Å². The maximum Gasteiger partial charge on any atom is 0.336 e. The van der Waals surface area contributed by atoms with Crippen molar-refractivity contribution in [3.05, 3.63) is 39.8 Å². The lowest BCUT2D eigenvalue weighted by Gasteiger charge is -2.22. The molecule has 3 nitrogen and oxygen atoms in total. The van der Waals surface area contributed by atoms with Crippen molar-refractivity contribution in [1.29, 1.82) is 0 Å². The summed E-state index contributed by atoms with van der Waals surface area (Å²) in [5.41, 5.74) is -1.28. The molecule has 0 spiro atoms. The first-order chi connectivity index (χ1) is 8.69. The number of aryl methyl sites for hydroxylation is 1. The lowest BCUT2D eigenvalue weighted by atomic mass is 10.1. The molecule has 1 aromatic carbocycles. The van der Waals surface area contributed by atoms with Gasteiger partial charge >= 0.3 is 5.63 Å². The van der Waals surface area contributed by atoms with Crippen molar-refractivity contribution in [2.24, 2.45) is 0 Å². The van der Waals surface area contributed by atoms with Gasteiger partial charge in [0.1, 0.15) is 5.60 Å². The van der Waals surface area contributed by atoms with Crippen molar-refractivity contribution in [1.82, 2.24) is 0 Å². The van der Waals surface area contributed by atoms with Crippen LogP contribution in [0.25, 0.3) is 11.0 Å². The molecule has 0 aliphatic rings. The predicted octanol–water partition coefficient (Wildman–Crippen LogP) is 3.56. The second-order valence-electron chi connectivity index (χ2n) is 5.34. The molecule has 102 valence electrons. The zero-order valence-corrected chi connectivity index (χ0v) is 11.1. The summed E-state index contributed by atoms with van der Waals surface area (Å²) in [5, 5.41) is 0.218. The Hall–Kier alpha value is -1.91. The van der Waals surface area contributed by atoms with Crippen molar-refractivity contribution in [2.75, 3.05) is 0 Å². The molecule has 0 bridgehead atoms. The quantitative estimate of drug-likeness (QED) is 0.742. The van der Waals surface area contributed by atoms with Gasteiger partial charge in [-0.3, -0.25) is 0 Å². The molecular formula is C14H14F2O3. The zero-order chi connectivity index (χ0) is 14.4. The molecule has 0 fully saturated rings. The maximum absolute atomic E-state index is 14.2. The van der Waals surface area contributed by atoms with Gasteiger partial charge < -0.3 is 9.15 Å². The molecular weight excluding hydrogens is 254 g/mol. The largest absolute Gasteiger partial charge is 0.482 e. The van der Waals surface area contributed by atoms with Crippen LogP contribution in [0.5, 0.6) is 5.75 Å². The number of rotatable bonds is 1. The van der Waals surface area contributed by atoms with Crippen LogP contribution in [0.4, 0.5) is 8.78 Å². The average molecular weight is 268 g/mol. The van der Waals surface area contributed by atoms with E-state index in [9.17, 15) is 13.6 Å². The van der Waals surface area contributed by atoms with Crippen LogP contribution < -0.4 is 10.4 Å². The van der Waals surface area contributed by atoms with E-state index in [1.165, 1.54) is 6.07 Å². The molecule has 0 aliphatic carbocycles. The van der Waals surface area contributed by atoms with Gasteiger partial charge in [0.05, 0.1) is 0 Å². The summed E-state index contributed by atoms with van der Waals surface area (Å²) in [6.45, 7) is 6.59. The number of hydrogen-bond acceptors (Lipinski definition) is 3. The second kappa shape index (κ2) is 4.33. The van der Waals surface area contributed by atoms with Gasteiger partial charge in [0.25, 0.3) is 0 Å². The summed E-state index contributed by atoms with van der Waals surface area (Å²) in [6.07, 6.45) is 0. The van der Waals surface area contributed by atoms with Crippen molar-refractivity contribution in [3.63, 3.8) is 0 Å². The van der Waals surface area contributed by atoms with Gasteiger partial charge in [0, 0.05) is 11.5 Å². The SMILES string of the molecule is Cc1cc(=O)oc2c(F)c(OC(C)(C)C)c(F)cc12. The van der Waals surface area contributed by atoms with Gasteiger partial charge in [-0.15, -0.1) is 0 Å². The average Bonchev–Trinajstić information content (AvgIpc) is 2.25. The van der Waals surface area contributed by atoms with E-state index >= 15 is 0 Å². The summed E-state index contributed by atoms with van der Waals surface area (Å²) in [7, 11) is 0. The van der Waals surface area contributed by atoms with E-state index in [-0.39, 0.29) is 11.0 Å². The molecule has 0 saturated carbocycles. The first-order valence-corrected chi connectivity index (χ1v) is 5.80. The zero-order valence-electron chi connectivity index (χ0n) is 11.1. The minimum atomic E-state index is -0.995. The van der Waals surface area contributed by atoms with Crippen molar-refractivity contribution >= 4 is 11.0 Å². The minimum Gasteiger partial charge on any atom is -0.482 e. The molecule has 0 radical (unpaired) electrons. The predicted molar refractivity (Wildman–Crippen MR) is 67.5 cm³/mol. The lowest BCUT2D eigenvalue weighted by molar-refractivity contribution is 0.117. The summed E-state index contributed by atoms with van der Waals surface area (Å²) in [6, 6.07) is 2.29. The van der Waals surface area contributed by atoms with Crippen LogP contribution in [0.3, 0.4) is 0 Å². The smallest absolute Gasteiger partial charge is 0.336 e. The first kappa shape index (κ1) is 13.5. The normalized spacial score (nSPS) is 11.9. The topological polar surface area (TPSA) is 39.4 Å². The fraction of sp³-hybridized carbons (Fsp3) is 0.357. The molecule has 2 rings (SSSR count). The molecule has 1 heterocycles. The third-order valence-corrected chi connectivity index (χ3v) is 2.50. The highest BCUT2D eigenvalue weighted by atomic mass is 19.1. The molecule has 0 aliphatic heterocycles. The van der Waals surface area contributed by atoms with Crippen LogP contribution in [0.1, 0.15) is 26.3 Å². The fourth-order valence-corrected chi connectivity index (χ4v) is 1.76. The molecule has 0 unspecified atom stereocenters. The van der Waals surface area contributed by atoms with Crippen LogP contribution in [-0.2, 0) is 0 Å². The fourth-order valence-electron chi connectivity index (χ4n) is 1.76. The number of ether oxygens (including phenoxy) is 1. The highest BCUT2D eigenvalue weighted by Gasteiger charge is 2.23. The number of halogens is 2. The highest BCUT2D eigenvalue weighted by molar-refractivity contribution is 5.82. The van der Waals surface area contributed by atoms with Gasteiger partial charge in [0.15, 0.2) is 17.1 Å². The molecule has 0 atom stereocenters. The molecule has 1 aromatic heterocycles. The van der Waals surface area contributed by atoms with Gasteiger partial charge in [-0.05, 0) is 39.3 Å². The Bertz CT molecular complexity index is 696. The van der Waals surface area contributed by atoms with Crippen LogP contribution in [0.2, 0.25) is 0 Å². The highest BCUT2D eigenvalue weighted by Crippen LogP contribution is 2.32. The van der Waals surface area contributed by atoms with E-state index in [1.54, 1.807) is 27.7 Å². The number of fused-ring (bicyclic) bond motifs is 1. The van der Waals surface area contributed by atoms with Crippen LogP contribution in [-0.4, -0.2) is 5.60 Å². The molecule has 0 amide bonds. The Morgan fingerprint density at radius 2 is 1.84 bits per heavy atom.